The van der Waals surface area contributed by atoms with Crippen molar-refractivity contribution in [1.29, 1.82) is 0 Å². The van der Waals surface area contributed by atoms with Crippen molar-refractivity contribution < 1.29 is 33.0 Å². The highest BCUT2D eigenvalue weighted by atomic mass is 19.1. The molecule has 0 spiro atoms. The lowest BCUT2D eigenvalue weighted by Gasteiger charge is -2.22. The molecular formula is C18H23FN2O6. The Kier molecular flexibility index (Phi) is 8.91. The van der Waals surface area contributed by atoms with Crippen molar-refractivity contribution >= 4 is 23.8 Å². The third-order valence-electron chi connectivity index (χ3n) is 3.69. The molecule has 2 amide bonds. The Morgan fingerprint density at radius 2 is 1.78 bits per heavy atom. The first-order valence-corrected chi connectivity index (χ1v) is 8.23. The largest absolute Gasteiger partial charge is 0.469 e. The molecule has 1 aromatic rings. The smallest absolute Gasteiger partial charge is 0.328 e. The topological polar surface area (TPSA) is 111 Å². The highest BCUT2D eigenvalue weighted by Gasteiger charge is 2.27. The van der Waals surface area contributed by atoms with E-state index in [1.165, 1.54) is 32.2 Å². The first-order valence-electron chi connectivity index (χ1n) is 8.23. The molecule has 148 valence electrons. The number of ether oxygens (including phenoxy) is 2. The monoisotopic (exact) mass is 382 g/mol. The standard InChI is InChI=1S/C18H23FN2O6/c1-11(22)20-15(10-12-5-4-6-13(19)9-12)17(24)21-14(18(25)27-3)7-8-16(23)26-2/h4-6,9,14-15H,7-8,10H2,1-3H3,(H,20,22)(H,21,24)/t14-,15+/m0/s1. The number of carbonyl (C=O) groups is 4. The zero-order chi connectivity index (χ0) is 20.4. The van der Waals surface area contributed by atoms with Crippen LogP contribution in [0.4, 0.5) is 4.39 Å². The van der Waals surface area contributed by atoms with Gasteiger partial charge in [-0.25, -0.2) is 9.18 Å². The number of nitrogens with one attached hydrogen (secondary N) is 2. The normalized spacial score (nSPS) is 12.4. The summed E-state index contributed by atoms with van der Waals surface area (Å²) in [5.74, 6) is -2.87. The maximum Gasteiger partial charge on any atom is 0.328 e. The molecule has 27 heavy (non-hydrogen) atoms. The third kappa shape index (κ3) is 7.85. The van der Waals surface area contributed by atoms with Crippen LogP contribution in [0.1, 0.15) is 25.3 Å². The minimum Gasteiger partial charge on any atom is -0.469 e. The highest BCUT2D eigenvalue weighted by Crippen LogP contribution is 2.08. The van der Waals surface area contributed by atoms with Gasteiger partial charge in [0.25, 0.3) is 0 Å². The summed E-state index contributed by atoms with van der Waals surface area (Å²) in [4.78, 5) is 47.2. The van der Waals surface area contributed by atoms with Gasteiger partial charge in [-0.05, 0) is 24.1 Å². The molecule has 0 bridgehead atoms. The SMILES string of the molecule is COC(=O)CC[C@H](NC(=O)[C@@H](Cc1cccc(F)c1)NC(C)=O)C(=O)OC. The van der Waals surface area contributed by atoms with Crippen molar-refractivity contribution in [2.45, 2.75) is 38.3 Å². The molecule has 0 saturated carbocycles. The summed E-state index contributed by atoms with van der Waals surface area (Å²) in [6, 6.07) is 3.48. The number of hydrogen-bond acceptors (Lipinski definition) is 6. The van der Waals surface area contributed by atoms with E-state index in [9.17, 15) is 23.6 Å². The number of halogens is 1. The van der Waals surface area contributed by atoms with Gasteiger partial charge in [0.2, 0.25) is 11.8 Å². The van der Waals surface area contributed by atoms with Crippen molar-refractivity contribution in [3.05, 3.63) is 35.6 Å². The predicted octanol–water partition coefficient (Wildman–Crippen LogP) is 0.484. The summed E-state index contributed by atoms with van der Waals surface area (Å²) >= 11 is 0. The summed E-state index contributed by atoms with van der Waals surface area (Å²) < 4.78 is 22.5. The molecule has 9 heteroatoms. The van der Waals surface area contributed by atoms with Crippen LogP contribution < -0.4 is 10.6 Å². The van der Waals surface area contributed by atoms with Gasteiger partial charge in [0.05, 0.1) is 14.2 Å². The first kappa shape index (κ1) is 22.1. The van der Waals surface area contributed by atoms with Crippen molar-refractivity contribution in [1.82, 2.24) is 10.6 Å². The maximum atomic E-state index is 13.4. The molecule has 2 N–H and O–H groups in total. The molecule has 0 heterocycles. The Hall–Kier alpha value is -2.97. The molecule has 0 saturated heterocycles. The summed E-state index contributed by atoms with van der Waals surface area (Å²) in [5, 5.41) is 4.93. The van der Waals surface area contributed by atoms with Gasteiger partial charge >= 0.3 is 11.9 Å². The van der Waals surface area contributed by atoms with Gasteiger partial charge in [-0.2, -0.15) is 0 Å². The van der Waals surface area contributed by atoms with E-state index in [0.717, 1.165) is 7.11 Å². The van der Waals surface area contributed by atoms with Gasteiger partial charge in [-0.3, -0.25) is 14.4 Å². The summed E-state index contributed by atoms with van der Waals surface area (Å²) in [5.41, 5.74) is 0.494. The lowest BCUT2D eigenvalue weighted by Crippen LogP contribution is -2.52. The third-order valence-corrected chi connectivity index (χ3v) is 3.69. The van der Waals surface area contributed by atoms with Gasteiger partial charge in [0.1, 0.15) is 17.9 Å². The average Bonchev–Trinajstić information content (AvgIpc) is 2.63. The number of methoxy groups -OCH3 is 2. The van der Waals surface area contributed by atoms with E-state index >= 15 is 0 Å². The second kappa shape index (κ2) is 10.9. The average molecular weight is 382 g/mol. The molecule has 0 unspecified atom stereocenters. The number of carbonyl (C=O) groups excluding carboxylic acids is 4. The quantitative estimate of drug-likeness (QED) is 0.601. The minimum absolute atomic E-state index is 0.0219. The predicted molar refractivity (Wildman–Crippen MR) is 92.9 cm³/mol. The van der Waals surface area contributed by atoms with Crippen molar-refractivity contribution in [2.75, 3.05) is 14.2 Å². The second-order valence-electron chi connectivity index (χ2n) is 5.79. The molecule has 0 radical (unpaired) electrons. The molecule has 1 rings (SSSR count). The van der Waals surface area contributed by atoms with Gasteiger partial charge in [0, 0.05) is 19.8 Å². The van der Waals surface area contributed by atoms with E-state index < -0.39 is 41.7 Å². The number of benzene rings is 1. The van der Waals surface area contributed by atoms with E-state index in [-0.39, 0.29) is 19.3 Å². The molecule has 2 atom stereocenters. The second-order valence-corrected chi connectivity index (χ2v) is 5.79. The van der Waals surface area contributed by atoms with E-state index in [4.69, 9.17) is 0 Å². The Morgan fingerprint density at radius 1 is 1.07 bits per heavy atom. The van der Waals surface area contributed by atoms with Crippen LogP contribution in [0.2, 0.25) is 0 Å². The molecule has 0 aliphatic carbocycles. The molecule has 0 fully saturated rings. The number of amides is 2. The van der Waals surface area contributed by atoms with Gasteiger partial charge in [0.15, 0.2) is 0 Å². The fraction of sp³-hybridized carbons (Fsp3) is 0.444. The number of rotatable bonds is 9. The molecule has 0 aromatic heterocycles. The molecule has 0 aliphatic rings. The molecule has 0 aliphatic heterocycles. The van der Waals surface area contributed by atoms with Crippen LogP contribution in [0.5, 0.6) is 0 Å². The van der Waals surface area contributed by atoms with E-state index in [1.807, 2.05) is 0 Å². The van der Waals surface area contributed by atoms with Gasteiger partial charge < -0.3 is 20.1 Å². The Bertz CT molecular complexity index is 694. The van der Waals surface area contributed by atoms with Crippen LogP contribution in [0.25, 0.3) is 0 Å². The minimum atomic E-state index is -1.09. The van der Waals surface area contributed by atoms with Crippen molar-refractivity contribution in [3.8, 4) is 0 Å². The Balaban J connectivity index is 2.88. The molecular weight excluding hydrogens is 359 g/mol. The van der Waals surface area contributed by atoms with E-state index in [1.54, 1.807) is 6.07 Å². The van der Waals surface area contributed by atoms with Crippen LogP contribution in [-0.4, -0.2) is 50.1 Å². The van der Waals surface area contributed by atoms with Crippen LogP contribution in [-0.2, 0) is 35.1 Å². The lowest BCUT2D eigenvalue weighted by atomic mass is 10.0. The van der Waals surface area contributed by atoms with Gasteiger partial charge in [-0.1, -0.05) is 12.1 Å². The Labute approximate surface area is 156 Å². The van der Waals surface area contributed by atoms with Crippen LogP contribution in [0, 0.1) is 5.82 Å². The summed E-state index contributed by atoms with van der Waals surface area (Å²) in [6.45, 7) is 1.24. The van der Waals surface area contributed by atoms with Crippen molar-refractivity contribution in [2.24, 2.45) is 0 Å². The van der Waals surface area contributed by atoms with E-state index in [2.05, 4.69) is 20.1 Å². The fourth-order valence-corrected chi connectivity index (χ4v) is 2.38. The van der Waals surface area contributed by atoms with Crippen LogP contribution in [0.3, 0.4) is 0 Å². The van der Waals surface area contributed by atoms with Crippen molar-refractivity contribution in [3.63, 3.8) is 0 Å². The zero-order valence-corrected chi connectivity index (χ0v) is 15.4. The van der Waals surface area contributed by atoms with Gasteiger partial charge in [-0.15, -0.1) is 0 Å². The maximum absolute atomic E-state index is 13.4. The lowest BCUT2D eigenvalue weighted by molar-refractivity contribution is -0.146. The number of esters is 2. The number of hydrogen-bond donors (Lipinski definition) is 2. The first-order chi connectivity index (χ1) is 12.8. The van der Waals surface area contributed by atoms with Crippen LogP contribution >= 0.6 is 0 Å². The highest BCUT2D eigenvalue weighted by molar-refractivity contribution is 5.90. The fourth-order valence-electron chi connectivity index (χ4n) is 2.38. The van der Waals surface area contributed by atoms with E-state index in [0.29, 0.717) is 5.56 Å². The Morgan fingerprint density at radius 3 is 2.33 bits per heavy atom. The summed E-state index contributed by atoms with van der Waals surface area (Å²) in [6.07, 6.45) is -0.114. The summed E-state index contributed by atoms with van der Waals surface area (Å²) in [7, 11) is 2.36. The molecule has 8 nitrogen and oxygen atoms in total. The van der Waals surface area contributed by atoms with Crippen LogP contribution in [0.15, 0.2) is 24.3 Å². The zero-order valence-electron chi connectivity index (χ0n) is 15.4. The molecule has 1 aromatic carbocycles.